The number of nitrogens with one attached hydrogen (secondary N) is 1. The maximum absolute atomic E-state index is 12.4. The summed E-state index contributed by atoms with van der Waals surface area (Å²) in [6, 6.07) is 12.7. The lowest BCUT2D eigenvalue weighted by atomic mass is 10.2. The van der Waals surface area contributed by atoms with Crippen LogP contribution >= 0.6 is 11.7 Å². The SMILES string of the molecule is O=C(Nc1cccc2nsnc12)c1ccc(-n2cnnc2)cc1. The molecule has 0 aliphatic rings. The van der Waals surface area contributed by atoms with Crippen molar-refractivity contribution < 1.29 is 4.79 Å². The fourth-order valence-corrected chi connectivity index (χ4v) is 2.77. The first-order chi connectivity index (χ1) is 11.3. The molecular weight excluding hydrogens is 312 g/mol. The van der Waals surface area contributed by atoms with Crippen molar-refractivity contribution in [3.05, 3.63) is 60.7 Å². The average molecular weight is 322 g/mol. The Kier molecular flexibility index (Phi) is 3.28. The van der Waals surface area contributed by atoms with Crippen molar-refractivity contribution in [1.82, 2.24) is 23.5 Å². The third-order valence-corrected chi connectivity index (χ3v) is 3.92. The van der Waals surface area contributed by atoms with Crippen molar-refractivity contribution in [1.29, 1.82) is 0 Å². The second-order valence-corrected chi connectivity index (χ2v) is 5.34. The van der Waals surface area contributed by atoms with E-state index in [1.807, 2.05) is 30.3 Å². The standard InChI is InChI=1S/C15H10N6OS/c22-15(18-12-2-1-3-13-14(12)20-23-19-13)10-4-6-11(7-5-10)21-8-16-17-9-21/h1-9H,(H,18,22). The van der Waals surface area contributed by atoms with E-state index in [1.54, 1.807) is 29.4 Å². The zero-order chi connectivity index (χ0) is 15.6. The first-order valence-corrected chi connectivity index (χ1v) is 7.52. The van der Waals surface area contributed by atoms with Crippen molar-refractivity contribution in [3.8, 4) is 5.69 Å². The van der Waals surface area contributed by atoms with Crippen LogP contribution in [0.15, 0.2) is 55.1 Å². The summed E-state index contributed by atoms with van der Waals surface area (Å²) in [6.07, 6.45) is 3.20. The molecule has 0 aliphatic heterocycles. The summed E-state index contributed by atoms with van der Waals surface area (Å²) in [4.78, 5) is 12.4. The Morgan fingerprint density at radius 2 is 1.78 bits per heavy atom. The first-order valence-electron chi connectivity index (χ1n) is 6.79. The van der Waals surface area contributed by atoms with Gasteiger partial charge >= 0.3 is 0 Å². The number of carbonyl (C=O) groups is 1. The third kappa shape index (κ3) is 2.55. The van der Waals surface area contributed by atoms with Gasteiger partial charge < -0.3 is 5.32 Å². The van der Waals surface area contributed by atoms with E-state index in [1.165, 1.54) is 0 Å². The van der Waals surface area contributed by atoms with Gasteiger partial charge in [0, 0.05) is 11.3 Å². The van der Waals surface area contributed by atoms with E-state index in [-0.39, 0.29) is 5.91 Å². The molecule has 0 saturated heterocycles. The molecule has 0 bridgehead atoms. The molecule has 4 aromatic rings. The van der Waals surface area contributed by atoms with Gasteiger partial charge in [-0.1, -0.05) is 6.07 Å². The molecule has 0 fully saturated rings. The lowest BCUT2D eigenvalue weighted by Gasteiger charge is -2.07. The van der Waals surface area contributed by atoms with Gasteiger partial charge in [0.1, 0.15) is 23.7 Å². The van der Waals surface area contributed by atoms with Crippen molar-refractivity contribution in [2.75, 3.05) is 5.32 Å². The second-order valence-electron chi connectivity index (χ2n) is 4.81. The van der Waals surface area contributed by atoms with Crippen LogP contribution in [0.2, 0.25) is 0 Å². The molecule has 0 unspecified atom stereocenters. The molecule has 7 nitrogen and oxygen atoms in total. The minimum atomic E-state index is -0.194. The molecule has 2 heterocycles. The minimum Gasteiger partial charge on any atom is -0.320 e. The molecule has 8 heteroatoms. The quantitative estimate of drug-likeness (QED) is 0.626. The van der Waals surface area contributed by atoms with Crippen LogP contribution in [0.3, 0.4) is 0 Å². The monoisotopic (exact) mass is 322 g/mol. The number of aromatic nitrogens is 5. The van der Waals surface area contributed by atoms with E-state index in [0.717, 1.165) is 22.9 Å². The number of benzene rings is 2. The number of hydrogen-bond acceptors (Lipinski definition) is 6. The normalized spacial score (nSPS) is 10.8. The number of nitrogens with zero attached hydrogens (tertiary/aromatic N) is 5. The zero-order valence-electron chi connectivity index (χ0n) is 11.7. The van der Waals surface area contributed by atoms with Gasteiger partial charge in [-0.2, -0.15) is 8.75 Å². The molecule has 4 rings (SSSR count). The van der Waals surface area contributed by atoms with Crippen LogP contribution in [-0.2, 0) is 0 Å². The summed E-state index contributed by atoms with van der Waals surface area (Å²) in [5.74, 6) is -0.194. The maximum atomic E-state index is 12.4. The highest BCUT2D eigenvalue weighted by atomic mass is 32.1. The van der Waals surface area contributed by atoms with Crippen LogP contribution in [0.1, 0.15) is 10.4 Å². The van der Waals surface area contributed by atoms with Crippen LogP contribution in [0.4, 0.5) is 5.69 Å². The Morgan fingerprint density at radius 3 is 2.57 bits per heavy atom. The van der Waals surface area contributed by atoms with Gasteiger partial charge in [0.05, 0.1) is 17.4 Å². The summed E-state index contributed by atoms with van der Waals surface area (Å²) in [5.41, 5.74) is 3.58. The van der Waals surface area contributed by atoms with Crippen molar-refractivity contribution in [2.45, 2.75) is 0 Å². The lowest BCUT2D eigenvalue weighted by molar-refractivity contribution is 0.102. The van der Waals surface area contributed by atoms with E-state index in [0.29, 0.717) is 16.8 Å². The topological polar surface area (TPSA) is 85.6 Å². The molecule has 0 atom stereocenters. The Bertz CT molecular complexity index is 961. The summed E-state index contributed by atoms with van der Waals surface area (Å²) < 4.78 is 10.1. The second kappa shape index (κ2) is 5.58. The van der Waals surface area contributed by atoms with Gasteiger partial charge in [-0.3, -0.25) is 9.36 Å². The Hall–Kier alpha value is -3.13. The van der Waals surface area contributed by atoms with Crippen LogP contribution in [-0.4, -0.2) is 29.4 Å². The Morgan fingerprint density at radius 1 is 1.00 bits per heavy atom. The smallest absolute Gasteiger partial charge is 0.255 e. The molecule has 0 spiro atoms. The van der Waals surface area contributed by atoms with Crippen molar-refractivity contribution in [3.63, 3.8) is 0 Å². The molecule has 2 aromatic carbocycles. The highest BCUT2D eigenvalue weighted by Crippen LogP contribution is 2.22. The number of anilines is 1. The van der Waals surface area contributed by atoms with Gasteiger partial charge in [0.2, 0.25) is 0 Å². The summed E-state index contributed by atoms with van der Waals surface area (Å²) in [7, 11) is 0. The maximum Gasteiger partial charge on any atom is 0.255 e. The molecule has 23 heavy (non-hydrogen) atoms. The molecule has 0 aliphatic carbocycles. The van der Waals surface area contributed by atoms with E-state index in [2.05, 4.69) is 24.3 Å². The number of rotatable bonds is 3. The number of carbonyl (C=O) groups excluding carboxylic acids is 1. The van der Waals surface area contributed by atoms with Crippen LogP contribution in [0.5, 0.6) is 0 Å². The largest absolute Gasteiger partial charge is 0.320 e. The van der Waals surface area contributed by atoms with Crippen LogP contribution in [0.25, 0.3) is 16.7 Å². The predicted molar refractivity (Wildman–Crippen MR) is 86.7 cm³/mol. The van der Waals surface area contributed by atoms with E-state index in [9.17, 15) is 4.79 Å². The summed E-state index contributed by atoms with van der Waals surface area (Å²) in [6.45, 7) is 0. The minimum absolute atomic E-state index is 0.194. The summed E-state index contributed by atoms with van der Waals surface area (Å²) >= 11 is 1.12. The van der Waals surface area contributed by atoms with E-state index < -0.39 is 0 Å². The molecular formula is C15H10N6OS. The predicted octanol–water partition coefficient (Wildman–Crippen LogP) is 2.52. The van der Waals surface area contributed by atoms with E-state index >= 15 is 0 Å². The molecule has 112 valence electrons. The molecule has 1 N–H and O–H groups in total. The third-order valence-electron chi connectivity index (χ3n) is 3.38. The lowest BCUT2D eigenvalue weighted by Crippen LogP contribution is -2.12. The summed E-state index contributed by atoms with van der Waals surface area (Å²) in [5, 5.41) is 10.4. The molecule has 0 radical (unpaired) electrons. The average Bonchev–Trinajstić information content (AvgIpc) is 3.27. The molecule has 2 aromatic heterocycles. The number of hydrogen-bond donors (Lipinski definition) is 1. The first kappa shape index (κ1) is 13.5. The highest BCUT2D eigenvalue weighted by Gasteiger charge is 2.10. The van der Waals surface area contributed by atoms with Crippen molar-refractivity contribution >= 4 is 34.4 Å². The van der Waals surface area contributed by atoms with Crippen LogP contribution < -0.4 is 5.32 Å². The van der Waals surface area contributed by atoms with Gasteiger partial charge in [0.25, 0.3) is 5.91 Å². The van der Waals surface area contributed by atoms with Crippen LogP contribution in [0, 0.1) is 0 Å². The molecule has 1 amide bonds. The van der Waals surface area contributed by atoms with Gasteiger partial charge in [-0.25, -0.2) is 0 Å². The fourth-order valence-electron chi connectivity index (χ4n) is 2.22. The Labute approximate surface area is 134 Å². The molecule has 0 saturated carbocycles. The van der Waals surface area contributed by atoms with E-state index in [4.69, 9.17) is 0 Å². The number of amides is 1. The Balaban J connectivity index is 1.58. The zero-order valence-corrected chi connectivity index (χ0v) is 12.6. The van der Waals surface area contributed by atoms with Crippen molar-refractivity contribution in [2.24, 2.45) is 0 Å². The van der Waals surface area contributed by atoms with Gasteiger partial charge in [-0.15, -0.1) is 10.2 Å². The fraction of sp³-hybridized carbons (Fsp3) is 0. The highest BCUT2D eigenvalue weighted by molar-refractivity contribution is 7.00. The van der Waals surface area contributed by atoms with Gasteiger partial charge in [0.15, 0.2) is 0 Å². The number of fused-ring (bicyclic) bond motifs is 1. The van der Waals surface area contributed by atoms with Gasteiger partial charge in [-0.05, 0) is 36.4 Å².